The standard InChI is InChI=1S/C17H24Cl2N2O5/c1-17(2,3)26-16(24)21-13(9-22)15(23)20-8-14(25-4)11-6-5-10(18)7-12(11)19/h5-7,13-14,22H,8-9H2,1-4H3,(H,20,23)(H,21,24). The van der Waals surface area contributed by atoms with Gasteiger partial charge in [-0.2, -0.15) is 0 Å². The summed E-state index contributed by atoms with van der Waals surface area (Å²) in [5, 5.41) is 15.2. The number of carbonyl (C=O) groups is 2. The van der Waals surface area contributed by atoms with Crippen molar-refractivity contribution in [3.63, 3.8) is 0 Å². The minimum Gasteiger partial charge on any atom is -0.444 e. The Morgan fingerprint density at radius 3 is 2.42 bits per heavy atom. The number of methoxy groups -OCH3 is 1. The predicted molar refractivity (Wildman–Crippen MR) is 99.5 cm³/mol. The van der Waals surface area contributed by atoms with Gasteiger partial charge in [-0.25, -0.2) is 4.79 Å². The molecule has 0 saturated carbocycles. The summed E-state index contributed by atoms with van der Waals surface area (Å²) in [4.78, 5) is 24.0. The van der Waals surface area contributed by atoms with E-state index in [-0.39, 0.29) is 6.54 Å². The van der Waals surface area contributed by atoms with E-state index in [9.17, 15) is 14.7 Å². The minimum absolute atomic E-state index is 0.0865. The van der Waals surface area contributed by atoms with Crippen LogP contribution in [0.3, 0.4) is 0 Å². The van der Waals surface area contributed by atoms with E-state index in [4.69, 9.17) is 32.7 Å². The number of aliphatic hydroxyl groups excluding tert-OH is 1. The van der Waals surface area contributed by atoms with E-state index >= 15 is 0 Å². The summed E-state index contributed by atoms with van der Waals surface area (Å²) in [5.74, 6) is -0.578. The minimum atomic E-state index is -1.15. The summed E-state index contributed by atoms with van der Waals surface area (Å²) in [6, 6.07) is 3.79. The van der Waals surface area contributed by atoms with E-state index < -0.39 is 36.4 Å². The molecule has 0 aliphatic heterocycles. The van der Waals surface area contributed by atoms with Gasteiger partial charge in [-0.05, 0) is 32.9 Å². The molecule has 0 fully saturated rings. The average molecular weight is 407 g/mol. The fraction of sp³-hybridized carbons (Fsp3) is 0.529. The Bertz CT molecular complexity index is 634. The first-order chi connectivity index (χ1) is 12.1. The molecule has 0 aliphatic rings. The number of rotatable bonds is 7. The van der Waals surface area contributed by atoms with Crippen LogP contribution in [-0.2, 0) is 14.3 Å². The Hall–Kier alpha value is -1.54. The second-order valence-corrected chi connectivity index (χ2v) is 7.36. The maximum absolute atomic E-state index is 12.2. The van der Waals surface area contributed by atoms with Crippen molar-refractivity contribution in [3.8, 4) is 0 Å². The molecule has 1 aromatic rings. The van der Waals surface area contributed by atoms with Crippen LogP contribution in [0, 0.1) is 0 Å². The molecular formula is C17H24Cl2N2O5. The van der Waals surface area contributed by atoms with Gasteiger partial charge in [-0.3, -0.25) is 4.79 Å². The molecule has 0 aromatic heterocycles. The maximum Gasteiger partial charge on any atom is 0.408 e. The van der Waals surface area contributed by atoms with Crippen molar-refractivity contribution in [2.24, 2.45) is 0 Å². The van der Waals surface area contributed by atoms with Crippen molar-refractivity contribution in [2.45, 2.75) is 38.5 Å². The fourth-order valence-electron chi connectivity index (χ4n) is 2.04. The number of nitrogens with one attached hydrogen (secondary N) is 2. The summed E-state index contributed by atoms with van der Waals surface area (Å²) in [5.41, 5.74) is -0.0629. The summed E-state index contributed by atoms with van der Waals surface area (Å²) in [6.45, 7) is 4.59. The molecule has 1 aromatic carbocycles. The van der Waals surface area contributed by atoms with Crippen LogP contribution in [-0.4, -0.2) is 49.0 Å². The smallest absolute Gasteiger partial charge is 0.408 e. The Morgan fingerprint density at radius 1 is 1.27 bits per heavy atom. The maximum atomic E-state index is 12.2. The van der Waals surface area contributed by atoms with Crippen LogP contribution in [0.2, 0.25) is 10.0 Å². The zero-order chi connectivity index (χ0) is 19.9. The van der Waals surface area contributed by atoms with Crippen LogP contribution < -0.4 is 10.6 Å². The summed E-state index contributed by atoms with van der Waals surface area (Å²) < 4.78 is 10.4. The number of hydrogen-bond acceptors (Lipinski definition) is 5. The predicted octanol–water partition coefficient (Wildman–Crippen LogP) is 2.68. The molecule has 7 nitrogen and oxygen atoms in total. The number of alkyl carbamates (subject to hydrolysis) is 1. The molecule has 26 heavy (non-hydrogen) atoms. The lowest BCUT2D eigenvalue weighted by Crippen LogP contribution is -2.50. The third-order valence-corrected chi connectivity index (χ3v) is 3.81. The highest BCUT2D eigenvalue weighted by Gasteiger charge is 2.25. The Labute approximate surface area is 162 Å². The van der Waals surface area contributed by atoms with E-state index in [1.165, 1.54) is 7.11 Å². The molecule has 0 radical (unpaired) electrons. The third-order valence-electron chi connectivity index (χ3n) is 3.25. The number of halogens is 2. The molecule has 146 valence electrons. The molecule has 2 unspecified atom stereocenters. The van der Waals surface area contributed by atoms with Crippen molar-refractivity contribution in [2.75, 3.05) is 20.3 Å². The monoisotopic (exact) mass is 406 g/mol. The molecule has 0 heterocycles. The molecule has 2 atom stereocenters. The quantitative estimate of drug-likeness (QED) is 0.646. The number of ether oxygens (including phenoxy) is 2. The van der Waals surface area contributed by atoms with Gasteiger partial charge in [0.25, 0.3) is 0 Å². The zero-order valence-corrected chi connectivity index (χ0v) is 16.6. The SMILES string of the molecule is COC(CNC(=O)C(CO)NC(=O)OC(C)(C)C)c1ccc(Cl)cc1Cl. The number of amides is 2. The molecule has 0 aliphatic carbocycles. The van der Waals surface area contributed by atoms with Gasteiger partial charge in [-0.15, -0.1) is 0 Å². The summed E-state index contributed by atoms with van der Waals surface area (Å²) in [6.07, 6.45) is -1.32. The molecule has 2 amide bonds. The first-order valence-electron chi connectivity index (χ1n) is 7.93. The molecular weight excluding hydrogens is 383 g/mol. The van der Waals surface area contributed by atoms with Crippen molar-refractivity contribution in [1.29, 1.82) is 0 Å². The summed E-state index contributed by atoms with van der Waals surface area (Å²) in [7, 11) is 1.48. The lowest BCUT2D eigenvalue weighted by molar-refractivity contribution is -0.124. The van der Waals surface area contributed by atoms with Gasteiger partial charge in [0.05, 0.1) is 6.61 Å². The highest BCUT2D eigenvalue weighted by atomic mass is 35.5. The molecule has 9 heteroatoms. The van der Waals surface area contributed by atoms with E-state index in [1.54, 1.807) is 39.0 Å². The molecule has 0 spiro atoms. The average Bonchev–Trinajstić information content (AvgIpc) is 2.52. The van der Waals surface area contributed by atoms with Gasteiger partial charge in [0, 0.05) is 29.3 Å². The van der Waals surface area contributed by atoms with Gasteiger partial charge >= 0.3 is 6.09 Å². The van der Waals surface area contributed by atoms with E-state index in [0.29, 0.717) is 15.6 Å². The Kier molecular flexibility index (Phi) is 8.62. The molecule has 3 N–H and O–H groups in total. The third kappa shape index (κ3) is 7.37. The Morgan fingerprint density at radius 2 is 1.92 bits per heavy atom. The second-order valence-electron chi connectivity index (χ2n) is 6.52. The van der Waals surface area contributed by atoms with Crippen molar-refractivity contribution in [3.05, 3.63) is 33.8 Å². The highest BCUT2D eigenvalue weighted by Crippen LogP contribution is 2.27. The molecule has 1 rings (SSSR count). The normalized spacial score (nSPS) is 13.7. The van der Waals surface area contributed by atoms with Gasteiger partial charge in [0.1, 0.15) is 17.7 Å². The van der Waals surface area contributed by atoms with Gasteiger partial charge < -0.3 is 25.2 Å². The van der Waals surface area contributed by atoms with E-state index in [0.717, 1.165) is 0 Å². The van der Waals surface area contributed by atoms with Crippen LogP contribution in [0.5, 0.6) is 0 Å². The van der Waals surface area contributed by atoms with Crippen molar-refractivity contribution in [1.82, 2.24) is 10.6 Å². The van der Waals surface area contributed by atoms with Crippen molar-refractivity contribution < 1.29 is 24.2 Å². The molecule has 0 bridgehead atoms. The molecule has 0 saturated heterocycles. The van der Waals surface area contributed by atoms with Crippen LogP contribution in [0.4, 0.5) is 4.79 Å². The van der Waals surface area contributed by atoms with Crippen molar-refractivity contribution >= 4 is 35.2 Å². The second kappa shape index (κ2) is 9.97. The van der Waals surface area contributed by atoms with Gasteiger partial charge in [-0.1, -0.05) is 29.3 Å². The van der Waals surface area contributed by atoms with Gasteiger partial charge in [0.2, 0.25) is 5.91 Å². The zero-order valence-electron chi connectivity index (χ0n) is 15.1. The topological polar surface area (TPSA) is 96.9 Å². The van der Waals surface area contributed by atoms with Crippen LogP contribution in [0.25, 0.3) is 0 Å². The van der Waals surface area contributed by atoms with Crippen LogP contribution in [0.1, 0.15) is 32.4 Å². The Balaban J connectivity index is 2.67. The largest absolute Gasteiger partial charge is 0.444 e. The first-order valence-corrected chi connectivity index (χ1v) is 8.68. The van der Waals surface area contributed by atoms with E-state index in [1.807, 2.05) is 0 Å². The number of aliphatic hydroxyl groups is 1. The lowest BCUT2D eigenvalue weighted by atomic mass is 10.1. The fourth-order valence-corrected chi connectivity index (χ4v) is 2.57. The number of carbonyl (C=O) groups excluding carboxylic acids is 2. The van der Waals surface area contributed by atoms with Crippen LogP contribution in [0.15, 0.2) is 18.2 Å². The van der Waals surface area contributed by atoms with Crippen LogP contribution >= 0.6 is 23.2 Å². The first kappa shape index (κ1) is 22.5. The number of benzene rings is 1. The lowest BCUT2D eigenvalue weighted by Gasteiger charge is -2.23. The van der Waals surface area contributed by atoms with E-state index in [2.05, 4.69) is 10.6 Å². The highest BCUT2D eigenvalue weighted by molar-refractivity contribution is 6.35. The van der Waals surface area contributed by atoms with Gasteiger partial charge in [0.15, 0.2) is 0 Å². The summed E-state index contributed by atoms with van der Waals surface area (Å²) >= 11 is 12.0. The number of hydrogen-bond donors (Lipinski definition) is 3.